The molecule has 1 aromatic carbocycles. The van der Waals surface area contributed by atoms with Crippen molar-refractivity contribution in [3.8, 4) is 11.5 Å². The normalized spacial score (nSPS) is 14.2. The molecular weight excluding hydrogens is 433 g/mol. The smallest absolute Gasteiger partial charge is 0.716 e. The summed E-state index contributed by atoms with van der Waals surface area (Å²) in [6.07, 6.45) is -0.783. The van der Waals surface area contributed by atoms with Crippen molar-refractivity contribution in [1.82, 2.24) is 4.90 Å². The summed E-state index contributed by atoms with van der Waals surface area (Å²) in [5.41, 5.74) is 0.159. The Morgan fingerprint density at radius 3 is 2.47 bits per heavy atom. The monoisotopic (exact) mass is 451 g/mol. The van der Waals surface area contributed by atoms with Crippen LogP contribution in [0.25, 0.3) is 11.0 Å². The molecule has 1 aliphatic rings. The standard InChI is InChI=1S/C17H19NO10S.Na/c1-3-25-16(19)15-10(2)26-12-9-13(14(8-11(12)15)28-29(21,22)23)27-17(20)18-4-6-24-7-5-18;/h8-9H,3-7H2,1-2H3,(H,21,22,23);/q;+1/p-1. The summed E-state index contributed by atoms with van der Waals surface area (Å²) in [4.78, 5) is 25.9. The molecule has 2 heterocycles. The van der Waals surface area contributed by atoms with E-state index in [1.165, 1.54) is 17.9 Å². The molecule has 0 spiro atoms. The number of hydrogen-bond acceptors (Lipinski definition) is 10. The Morgan fingerprint density at radius 1 is 1.20 bits per heavy atom. The van der Waals surface area contributed by atoms with Crippen molar-refractivity contribution >= 4 is 33.4 Å². The van der Waals surface area contributed by atoms with Gasteiger partial charge in [-0.3, -0.25) is 0 Å². The van der Waals surface area contributed by atoms with Gasteiger partial charge in [-0.25, -0.2) is 18.0 Å². The van der Waals surface area contributed by atoms with Gasteiger partial charge in [0.2, 0.25) is 0 Å². The summed E-state index contributed by atoms with van der Waals surface area (Å²) >= 11 is 0. The first-order chi connectivity index (χ1) is 13.7. The first-order valence-corrected chi connectivity index (χ1v) is 9.97. The molecule has 1 fully saturated rings. The summed E-state index contributed by atoms with van der Waals surface area (Å²) in [7, 11) is -5.19. The molecule has 1 aromatic heterocycles. The van der Waals surface area contributed by atoms with E-state index >= 15 is 0 Å². The van der Waals surface area contributed by atoms with Gasteiger partial charge in [0.05, 0.1) is 19.8 Å². The number of morpholine rings is 1. The van der Waals surface area contributed by atoms with Crippen molar-refractivity contribution in [2.24, 2.45) is 0 Å². The van der Waals surface area contributed by atoms with Crippen molar-refractivity contribution in [2.75, 3.05) is 32.9 Å². The number of carbonyl (C=O) groups excluding carboxylic acids is 2. The minimum atomic E-state index is -5.19. The summed E-state index contributed by atoms with van der Waals surface area (Å²) in [6.45, 7) is 4.46. The van der Waals surface area contributed by atoms with Crippen LogP contribution in [0.4, 0.5) is 4.79 Å². The van der Waals surface area contributed by atoms with Gasteiger partial charge in [-0.15, -0.1) is 0 Å². The molecule has 1 saturated heterocycles. The molecule has 30 heavy (non-hydrogen) atoms. The van der Waals surface area contributed by atoms with Gasteiger partial charge >= 0.3 is 41.6 Å². The van der Waals surface area contributed by atoms with Crippen molar-refractivity contribution in [3.05, 3.63) is 23.5 Å². The number of ether oxygens (including phenoxy) is 3. The van der Waals surface area contributed by atoms with E-state index in [0.717, 1.165) is 6.07 Å². The SMILES string of the molecule is CCOC(=O)c1c(C)oc2cc(OC(=O)N3CCOCC3)c(OS(=O)(=O)[O-])cc12.[Na+]. The molecule has 3 rings (SSSR count). The molecular formula is C17H18NNaO10S. The number of carbonyl (C=O) groups is 2. The molecule has 0 unspecified atom stereocenters. The summed E-state index contributed by atoms with van der Waals surface area (Å²) in [5, 5.41) is 0.144. The van der Waals surface area contributed by atoms with E-state index in [9.17, 15) is 22.6 Å². The second-order valence-corrected chi connectivity index (χ2v) is 6.99. The average Bonchev–Trinajstić information content (AvgIpc) is 2.96. The maximum atomic E-state index is 12.3. The molecule has 0 saturated carbocycles. The number of benzene rings is 1. The molecule has 1 amide bonds. The third kappa shape index (κ3) is 5.65. The fourth-order valence-electron chi connectivity index (χ4n) is 2.84. The number of nitrogens with zero attached hydrogens (tertiary/aromatic N) is 1. The van der Waals surface area contributed by atoms with Crippen molar-refractivity contribution in [1.29, 1.82) is 0 Å². The molecule has 2 aromatic rings. The first-order valence-electron chi connectivity index (χ1n) is 8.63. The van der Waals surface area contributed by atoms with Crippen LogP contribution in [0.2, 0.25) is 0 Å². The Kier molecular flexibility index (Phi) is 8.13. The molecule has 0 aliphatic carbocycles. The van der Waals surface area contributed by atoms with Gasteiger partial charge < -0.3 is 32.3 Å². The second kappa shape index (κ2) is 9.98. The predicted octanol–water partition coefficient (Wildman–Crippen LogP) is -1.41. The number of amides is 1. The van der Waals surface area contributed by atoms with Crippen LogP contribution in [-0.2, 0) is 19.9 Å². The number of esters is 1. The van der Waals surface area contributed by atoms with Crippen LogP contribution in [-0.4, -0.2) is 62.8 Å². The van der Waals surface area contributed by atoms with Crippen LogP contribution >= 0.6 is 0 Å². The van der Waals surface area contributed by atoms with Crippen LogP contribution in [0.3, 0.4) is 0 Å². The quantitative estimate of drug-likeness (QED) is 0.230. The van der Waals surface area contributed by atoms with Crippen LogP contribution in [0.1, 0.15) is 23.0 Å². The minimum absolute atomic E-state index is 0. The third-order valence-corrected chi connectivity index (χ3v) is 4.45. The zero-order valence-electron chi connectivity index (χ0n) is 16.6. The molecule has 13 heteroatoms. The maximum absolute atomic E-state index is 12.3. The summed E-state index contributed by atoms with van der Waals surface area (Å²) < 4.78 is 58.7. The Hall–Kier alpha value is -1.83. The van der Waals surface area contributed by atoms with Crippen molar-refractivity contribution in [2.45, 2.75) is 13.8 Å². The minimum Gasteiger partial charge on any atom is -0.716 e. The van der Waals surface area contributed by atoms with E-state index in [4.69, 9.17) is 18.6 Å². The van der Waals surface area contributed by atoms with E-state index in [2.05, 4.69) is 4.18 Å². The van der Waals surface area contributed by atoms with E-state index < -0.39 is 28.2 Å². The molecule has 1 aliphatic heterocycles. The number of rotatable bonds is 5. The van der Waals surface area contributed by atoms with Gasteiger partial charge in [-0.1, -0.05) is 0 Å². The summed E-state index contributed by atoms with van der Waals surface area (Å²) in [5.74, 6) is -1.40. The van der Waals surface area contributed by atoms with Gasteiger partial charge in [0.15, 0.2) is 11.5 Å². The zero-order valence-corrected chi connectivity index (χ0v) is 19.4. The van der Waals surface area contributed by atoms with Crippen molar-refractivity contribution in [3.63, 3.8) is 0 Å². The van der Waals surface area contributed by atoms with Crippen LogP contribution < -0.4 is 38.5 Å². The fraction of sp³-hybridized carbons (Fsp3) is 0.412. The van der Waals surface area contributed by atoms with Crippen LogP contribution in [0.15, 0.2) is 16.5 Å². The average molecular weight is 451 g/mol. The van der Waals surface area contributed by atoms with E-state index in [0.29, 0.717) is 13.2 Å². The van der Waals surface area contributed by atoms with Crippen molar-refractivity contribution < 1.29 is 74.9 Å². The number of fused-ring (bicyclic) bond motifs is 1. The maximum Gasteiger partial charge on any atom is 1.00 e. The Labute approximate surface area is 194 Å². The number of furan rings is 1. The third-order valence-electron chi connectivity index (χ3n) is 4.07. The van der Waals surface area contributed by atoms with E-state index in [1.54, 1.807) is 6.92 Å². The van der Waals surface area contributed by atoms with Gasteiger partial charge in [0.25, 0.3) is 10.4 Å². The largest absolute Gasteiger partial charge is 1.00 e. The van der Waals surface area contributed by atoms with E-state index in [-0.39, 0.29) is 77.3 Å². The Morgan fingerprint density at radius 2 is 1.87 bits per heavy atom. The van der Waals surface area contributed by atoms with Gasteiger partial charge in [-0.2, -0.15) is 0 Å². The zero-order chi connectivity index (χ0) is 21.2. The molecule has 0 atom stereocenters. The van der Waals surface area contributed by atoms with Gasteiger partial charge in [0, 0.05) is 24.5 Å². The van der Waals surface area contributed by atoms with Crippen LogP contribution in [0.5, 0.6) is 11.5 Å². The van der Waals surface area contributed by atoms with Crippen LogP contribution in [0, 0.1) is 6.92 Å². The molecule has 0 bridgehead atoms. The van der Waals surface area contributed by atoms with Gasteiger partial charge in [0.1, 0.15) is 16.9 Å². The Balaban J connectivity index is 0.00000320. The van der Waals surface area contributed by atoms with Gasteiger partial charge in [-0.05, 0) is 19.9 Å². The predicted molar refractivity (Wildman–Crippen MR) is 95.6 cm³/mol. The van der Waals surface area contributed by atoms with E-state index in [1.807, 2.05) is 0 Å². The molecule has 0 N–H and O–H groups in total. The molecule has 158 valence electrons. The summed E-state index contributed by atoms with van der Waals surface area (Å²) in [6, 6.07) is 2.25. The number of hydrogen-bond donors (Lipinski definition) is 0. The second-order valence-electron chi connectivity index (χ2n) is 6.01. The Bertz CT molecular complexity index is 1040. The fourth-order valence-corrected chi connectivity index (χ4v) is 3.19. The number of aryl methyl sites for hydroxylation is 1. The molecule has 11 nitrogen and oxygen atoms in total. The topological polar surface area (TPSA) is 145 Å². The molecule has 0 radical (unpaired) electrons. The first kappa shape index (κ1) is 24.4.